The molecule has 0 unspecified atom stereocenters. The number of rotatable bonds is 5. The number of thiazole rings is 1. The van der Waals surface area contributed by atoms with E-state index in [-0.39, 0.29) is 11.5 Å². The standard InChI is InChI=1S/C14H21NO3S2/c16-14(6-2-1-3-7-14)10-20(17,18)9-12-8-19-13(15-12)11-4-5-11/h8,11,16H,1-7,9-10H2. The summed E-state index contributed by atoms with van der Waals surface area (Å²) in [7, 11) is -3.29. The molecule has 4 nitrogen and oxygen atoms in total. The summed E-state index contributed by atoms with van der Waals surface area (Å²) in [6.07, 6.45) is 6.52. The van der Waals surface area contributed by atoms with Crippen molar-refractivity contribution < 1.29 is 13.5 Å². The first-order valence-electron chi connectivity index (χ1n) is 7.33. The largest absolute Gasteiger partial charge is 0.389 e. The van der Waals surface area contributed by atoms with Gasteiger partial charge >= 0.3 is 0 Å². The van der Waals surface area contributed by atoms with Gasteiger partial charge in [0.15, 0.2) is 9.84 Å². The minimum absolute atomic E-state index is 0.0292. The van der Waals surface area contributed by atoms with Gasteiger partial charge in [-0.3, -0.25) is 0 Å². The van der Waals surface area contributed by atoms with Crippen molar-refractivity contribution in [1.82, 2.24) is 4.98 Å². The predicted octanol–water partition coefficient (Wildman–Crippen LogP) is 2.63. The van der Waals surface area contributed by atoms with E-state index in [0.717, 1.165) is 24.3 Å². The van der Waals surface area contributed by atoms with Crippen molar-refractivity contribution in [3.8, 4) is 0 Å². The second kappa shape index (κ2) is 5.39. The Morgan fingerprint density at radius 2 is 2.00 bits per heavy atom. The van der Waals surface area contributed by atoms with Crippen molar-refractivity contribution in [2.75, 3.05) is 5.75 Å². The van der Waals surface area contributed by atoms with E-state index >= 15 is 0 Å². The maximum absolute atomic E-state index is 12.3. The van der Waals surface area contributed by atoms with Crippen LogP contribution in [0.5, 0.6) is 0 Å². The van der Waals surface area contributed by atoms with Crippen molar-refractivity contribution in [3.05, 3.63) is 16.1 Å². The number of nitrogens with zero attached hydrogens (tertiary/aromatic N) is 1. The molecule has 0 bridgehead atoms. The average Bonchev–Trinajstić information content (AvgIpc) is 3.10. The second-order valence-corrected chi connectivity index (χ2v) is 9.22. The third-order valence-corrected chi connectivity index (χ3v) is 6.91. The lowest BCUT2D eigenvalue weighted by molar-refractivity contribution is 0.0257. The molecule has 112 valence electrons. The van der Waals surface area contributed by atoms with Gasteiger partial charge in [0, 0.05) is 11.3 Å². The molecule has 0 amide bonds. The highest BCUT2D eigenvalue weighted by atomic mass is 32.2. The van der Waals surface area contributed by atoms with Crippen molar-refractivity contribution >= 4 is 21.2 Å². The van der Waals surface area contributed by atoms with E-state index in [9.17, 15) is 13.5 Å². The first kappa shape index (κ1) is 14.5. The van der Waals surface area contributed by atoms with Crippen LogP contribution in [0.25, 0.3) is 0 Å². The van der Waals surface area contributed by atoms with Crippen molar-refractivity contribution in [2.24, 2.45) is 0 Å². The Hall–Kier alpha value is -0.460. The van der Waals surface area contributed by atoms with Crippen LogP contribution < -0.4 is 0 Å². The van der Waals surface area contributed by atoms with Crippen LogP contribution in [0.2, 0.25) is 0 Å². The molecule has 1 aromatic rings. The molecule has 0 aliphatic heterocycles. The number of aliphatic hydroxyl groups is 1. The Bertz CT molecular complexity index is 569. The van der Waals surface area contributed by atoms with Gasteiger partial charge in [-0.2, -0.15) is 0 Å². The second-order valence-electron chi connectivity index (χ2n) is 6.27. The van der Waals surface area contributed by atoms with Crippen LogP contribution in [0, 0.1) is 0 Å². The summed E-state index contributed by atoms with van der Waals surface area (Å²) >= 11 is 1.57. The van der Waals surface area contributed by atoms with Crippen molar-refractivity contribution in [3.63, 3.8) is 0 Å². The Labute approximate surface area is 124 Å². The SMILES string of the molecule is O=S(=O)(Cc1csc(C2CC2)n1)CC1(O)CCCCC1. The first-order chi connectivity index (χ1) is 9.46. The highest BCUT2D eigenvalue weighted by molar-refractivity contribution is 7.90. The Morgan fingerprint density at radius 3 is 2.65 bits per heavy atom. The molecular weight excluding hydrogens is 294 g/mol. The van der Waals surface area contributed by atoms with E-state index in [1.807, 2.05) is 5.38 Å². The molecule has 0 atom stereocenters. The van der Waals surface area contributed by atoms with Crippen LogP contribution >= 0.6 is 11.3 Å². The van der Waals surface area contributed by atoms with E-state index < -0.39 is 15.4 Å². The highest BCUT2D eigenvalue weighted by Crippen LogP contribution is 2.41. The zero-order valence-corrected chi connectivity index (χ0v) is 13.2. The van der Waals surface area contributed by atoms with Crippen LogP contribution in [0.1, 0.15) is 61.6 Å². The predicted molar refractivity (Wildman–Crippen MR) is 79.6 cm³/mol. The molecule has 0 aromatic carbocycles. The van der Waals surface area contributed by atoms with Crippen molar-refractivity contribution in [1.29, 1.82) is 0 Å². The van der Waals surface area contributed by atoms with Crippen molar-refractivity contribution in [2.45, 2.75) is 62.2 Å². The van der Waals surface area contributed by atoms with Crippen LogP contribution in [0.3, 0.4) is 0 Å². The van der Waals surface area contributed by atoms with Gasteiger partial charge in [0.1, 0.15) is 0 Å². The van der Waals surface area contributed by atoms with E-state index in [1.54, 1.807) is 11.3 Å². The molecule has 1 aromatic heterocycles. The minimum Gasteiger partial charge on any atom is -0.389 e. The lowest BCUT2D eigenvalue weighted by Crippen LogP contribution is -2.39. The smallest absolute Gasteiger partial charge is 0.158 e. The van der Waals surface area contributed by atoms with Gasteiger partial charge in [0.25, 0.3) is 0 Å². The summed E-state index contributed by atoms with van der Waals surface area (Å²) in [5, 5.41) is 13.3. The van der Waals surface area contributed by atoms with Gasteiger partial charge in [-0.15, -0.1) is 11.3 Å². The highest BCUT2D eigenvalue weighted by Gasteiger charge is 2.35. The maximum atomic E-state index is 12.3. The van der Waals surface area contributed by atoms with Gasteiger partial charge in [-0.1, -0.05) is 19.3 Å². The number of sulfone groups is 1. The molecule has 6 heteroatoms. The number of aromatic nitrogens is 1. The number of hydrogen-bond acceptors (Lipinski definition) is 5. The maximum Gasteiger partial charge on any atom is 0.158 e. The molecule has 0 saturated heterocycles. The van der Waals surface area contributed by atoms with Crippen LogP contribution in [-0.4, -0.2) is 29.9 Å². The fourth-order valence-corrected chi connectivity index (χ4v) is 5.85. The molecule has 3 rings (SSSR count). The Morgan fingerprint density at radius 1 is 1.30 bits per heavy atom. The third kappa shape index (κ3) is 3.59. The average molecular weight is 315 g/mol. The van der Waals surface area contributed by atoms with Crippen LogP contribution in [0.4, 0.5) is 0 Å². The topological polar surface area (TPSA) is 67.3 Å². The Kier molecular flexibility index (Phi) is 3.90. The monoisotopic (exact) mass is 315 g/mol. The molecule has 2 aliphatic carbocycles. The molecule has 2 aliphatic rings. The fraction of sp³-hybridized carbons (Fsp3) is 0.786. The zero-order chi connectivity index (χ0) is 14.2. The van der Waals surface area contributed by atoms with Gasteiger partial charge in [-0.05, 0) is 25.7 Å². The van der Waals surface area contributed by atoms with Crippen LogP contribution in [-0.2, 0) is 15.6 Å². The normalized spacial score (nSPS) is 22.9. The summed E-state index contributed by atoms with van der Waals surface area (Å²) in [4.78, 5) is 4.43. The summed E-state index contributed by atoms with van der Waals surface area (Å²) < 4.78 is 24.5. The molecule has 2 saturated carbocycles. The number of hydrogen-bond donors (Lipinski definition) is 1. The van der Waals surface area contributed by atoms with E-state index in [4.69, 9.17) is 0 Å². The molecule has 0 radical (unpaired) electrons. The molecule has 0 spiro atoms. The van der Waals surface area contributed by atoms with Gasteiger partial charge in [-0.25, -0.2) is 13.4 Å². The molecule has 20 heavy (non-hydrogen) atoms. The molecular formula is C14H21NO3S2. The summed E-state index contributed by atoms with van der Waals surface area (Å²) in [6, 6.07) is 0. The van der Waals surface area contributed by atoms with E-state index in [0.29, 0.717) is 24.5 Å². The van der Waals surface area contributed by atoms with E-state index in [1.165, 1.54) is 12.8 Å². The summed E-state index contributed by atoms with van der Waals surface area (Å²) in [6.45, 7) is 0. The quantitative estimate of drug-likeness (QED) is 0.907. The first-order valence-corrected chi connectivity index (χ1v) is 10.0. The molecule has 1 heterocycles. The minimum atomic E-state index is -3.29. The third-order valence-electron chi connectivity index (χ3n) is 4.14. The van der Waals surface area contributed by atoms with Gasteiger partial charge in [0.05, 0.1) is 27.8 Å². The molecule has 1 N–H and O–H groups in total. The fourth-order valence-electron chi connectivity index (χ4n) is 2.95. The van der Waals surface area contributed by atoms with Crippen LogP contribution in [0.15, 0.2) is 5.38 Å². The van der Waals surface area contributed by atoms with Gasteiger partial charge in [0.2, 0.25) is 0 Å². The lowest BCUT2D eigenvalue weighted by Gasteiger charge is -2.31. The summed E-state index contributed by atoms with van der Waals surface area (Å²) in [5.74, 6) is 0.424. The van der Waals surface area contributed by atoms with Gasteiger partial charge < -0.3 is 5.11 Å². The summed E-state index contributed by atoms with van der Waals surface area (Å²) in [5.41, 5.74) is -0.358. The zero-order valence-electron chi connectivity index (χ0n) is 11.5. The molecule has 2 fully saturated rings. The lowest BCUT2D eigenvalue weighted by atomic mass is 9.86. The van der Waals surface area contributed by atoms with E-state index in [2.05, 4.69) is 4.98 Å². The Balaban J connectivity index is 1.64.